The maximum absolute atomic E-state index is 11.5. The molecule has 0 radical (unpaired) electrons. The topological polar surface area (TPSA) is 26.3 Å². The van der Waals surface area contributed by atoms with E-state index in [9.17, 15) is 4.79 Å². The van der Waals surface area contributed by atoms with Crippen LogP contribution >= 0.6 is 0 Å². The predicted molar refractivity (Wildman–Crippen MR) is 68.5 cm³/mol. The molecule has 0 atom stereocenters. The second kappa shape index (κ2) is 4.91. The van der Waals surface area contributed by atoms with Gasteiger partial charge in [0.1, 0.15) is 12.4 Å². The van der Waals surface area contributed by atoms with Gasteiger partial charge < -0.3 is 4.74 Å². The fourth-order valence-corrected chi connectivity index (χ4v) is 2.06. The monoisotopic (exact) mass is 232 g/mol. The lowest BCUT2D eigenvalue weighted by molar-refractivity contribution is -0.122. The molecule has 0 heterocycles. The molecule has 0 aliphatic heterocycles. The van der Waals surface area contributed by atoms with E-state index in [2.05, 4.69) is 26.8 Å². The van der Waals surface area contributed by atoms with Crippen molar-refractivity contribution < 1.29 is 9.53 Å². The summed E-state index contributed by atoms with van der Waals surface area (Å²) in [4.78, 5) is 11.5. The molecule has 0 spiro atoms. The highest BCUT2D eigenvalue weighted by molar-refractivity contribution is 5.84. The van der Waals surface area contributed by atoms with Gasteiger partial charge in [0, 0.05) is 5.92 Å². The van der Waals surface area contributed by atoms with Crippen LogP contribution in [-0.4, -0.2) is 12.4 Å². The zero-order valence-corrected chi connectivity index (χ0v) is 10.8. The van der Waals surface area contributed by atoms with Crippen LogP contribution in [0.3, 0.4) is 0 Å². The molecule has 0 N–H and O–H groups in total. The van der Waals surface area contributed by atoms with Crippen LogP contribution in [0.25, 0.3) is 0 Å². The van der Waals surface area contributed by atoms with Gasteiger partial charge in [-0.1, -0.05) is 19.9 Å². The maximum Gasteiger partial charge on any atom is 0.173 e. The first-order chi connectivity index (χ1) is 8.08. The van der Waals surface area contributed by atoms with Gasteiger partial charge in [0.15, 0.2) is 5.78 Å². The van der Waals surface area contributed by atoms with Gasteiger partial charge in [-0.25, -0.2) is 0 Å². The van der Waals surface area contributed by atoms with Crippen LogP contribution in [0.5, 0.6) is 5.75 Å². The zero-order valence-electron chi connectivity index (χ0n) is 10.8. The van der Waals surface area contributed by atoms with Gasteiger partial charge in [-0.3, -0.25) is 4.79 Å². The Balaban J connectivity index is 1.97. The molecule has 1 aliphatic rings. The molecule has 2 nitrogen and oxygen atoms in total. The Kier molecular flexibility index (Phi) is 3.51. The van der Waals surface area contributed by atoms with Crippen LogP contribution in [0.2, 0.25) is 0 Å². The van der Waals surface area contributed by atoms with Gasteiger partial charge in [0.2, 0.25) is 0 Å². The quantitative estimate of drug-likeness (QED) is 0.777. The number of carbonyl (C=O) groups is 1. The summed E-state index contributed by atoms with van der Waals surface area (Å²) in [5, 5.41) is 0. The minimum atomic E-state index is 0.227. The number of aryl methyl sites for hydroxylation is 1. The van der Waals surface area contributed by atoms with E-state index in [-0.39, 0.29) is 18.3 Å². The van der Waals surface area contributed by atoms with Crippen LogP contribution in [0.4, 0.5) is 0 Å². The lowest BCUT2D eigenvalue weighted by Gasteiger charge is -2.12. The second-order valence-corrected chi connectivity index (χ2v) is 5.20. The van der Waals surface area contributed by atoms with Crippen LogP contribution in [-0.2, 0) is 4.79 Å². The van der Waals surface area contributed by atoms with E-state index in [1.54, 1.807) is 0 Å². The predicted octanol–water partition coefficient (Wildman–Crippen LogP) is 3.48. The summed E-state index contributed by atoms with van der Waals surface area (Å²) in [5.41, 5.74) is 2.57. The molecular formula is C15H20O2. The molecule has 1 fully saturated rings. The summed E-state index contributed by atoms with van der Waals surface area (Å²) in [7, 11) is 0. The molecule has 0 aromatic heterocycles. The van der Waals surface area contributed by atoms with E-state index in [1.807, 2.05) is 12.1 Å². The van der Waals surface area contributed by atoms with Crippen molar-refractivity contribution in [3.63, 3.8) is 0 Å². The van der Waals surface area contributed by atoms with E-state index >= 15 is 0 Å². The van der Waals surface area contributed by atoms with E-state index in [1.165, 1.54) is 11.1 Å². The molecule has 1 aliphatic carbocycles. The standard InChI is InChI=1S/C15H20O2/c1-10(2)14-7-6-13(8-11(14)3)17-9-15(16)12-4-5-12/h6-8,10,12H,4-5,9H2,1-3H3. The fourth-order valence-electron chi connectivity index (χ4n) is 2.06. The van der Waals surface area contributed by atoms with Crippen LogP contribution in [0.1, 0.15) is 43.7 Å². The summed E-state index contributed by atoms with van der Waals surface area (Å²) in [5.74, 6) is 1.86. The number of carbonyl (C=O) groups excluding carboxylic acids is 1. The van der Waals surface area contributed by atoms with Crippen molar-refractivity contribution in [2.45, 2.75) is 39.5 Å². The normalized spacial score (nSPS) is 15.1. The third-order valence-electron chi connectivity index (χ3n) is 3.28. The molecule has 1 aromatic rings. The first kappa shape index (κ1) is 12.2. The summed E-state index contributed by atoms with van der Waals surface area (Å²) < 4.78 is 5.54. The molecule has 2 rings (SSSR count). The minimum absolute atomic E-state index is 0.227. The van der Waals surface area contributed by atoms with Crippen molar-refractivity contribution in [1.29, 1.82) is 0 Å². The largest absolute Gasteiger partial charge is 0.486 e. The Morgan fingerprint density at radius 1 is 1.41 bits per heavy atom. The van der Waals surface area contributed by atoms with Gasteiger partial charge in [0.05, 0.1) is 0 Å². The van der Waals surface area contributed by atoms with E-state index < -0.39 is 0 Å². The van der Waals surface area contributed by atoms with Crippen molar-refractivity contribution in [2.24, 2.45) is 5.92 Å². The van der Waals surface area contributed by atoms with Crippen molar-refractivity contribution in [1.82, 2.24) is 0 Å². The molecule has 17 heavy (non-hydrogen) atoms. The zero-order chi connectivity index (χ0) is 12.4. The van der Waals surface area contributed by atoms with Gasteiger partial charge in [-0.2, -0.15) is 0 Å². The highest BCUT2D eigenvalue weighted by Crippen LogP contribution is 2.30. The maximum atomic E-state index is 11.5. The summed E-state index contributed by atoms with van der Waals surface area (Å²) in [6, 6.07) is 6.08. The molecule has 0 bridgehead atoms. The van der Waals surface area contributed by atoms with Crippen molar-refractivity contribution in [2.75, 3.05) is 6.61 Å². The number of hydrogen-bond donors (Lipinski definition) is 0. The number of hydrogen-bond acceptors (Lipinski definition) is 2. The number of benzene rings is 1. The molecule has 0 saturated heterocycles. The van der Waals surface area contributed by atoms with Gasteiger partial charge in [0.25, 0.3) is 0 Å². The third kappa shape index (κ3) is 3.09. The molecular weight excluding hydrogens is 212 g/mol. The molecule has 92 valence electrons. The summed E-state index contributed by atoms with van der Waals surface area (Å²) >= 11 is 0. The first-order valence-electron chi connectivity index (χ1n) is 6.34. The molecule has 0 amide bonds. The summed E-state index contributed by atoms with van der Waals surface area (Å²) in [6.45, 7) is 6.68. The Bertz CT molecular complexity index is 417. The van der Waals surface area contributed by atoms with Gasteiger partial charge in [-0.15, -0.1) is 0 Å². The fraction of sp³-hybridized carbons (Fsp3) is 0.533. The van der Waals surface area contributed by atoms with E-state index in [0.29, 0.717) is 5.92 Å². The van der Waals surface area contributed by atoms with E-state index in [0.717, 1.165) is 18.6 Å². The van der Waals surface area contributed by atoms with E-state index in [4.69, 9.17) is 4.74 Å². The number of ketones is 1. The third-order valence-corrected chi connectivity index (χ3v) is 3.28. The Morgan fingerprint density at radius 2 is 2.12 bits per heavy atom. The van der Waals surface area contributed by atoms with Crippen LogP contribution in [0, 0.1) is 12.8 Å². The number of rotatable bonds is 5. The molecule has 0 unspecified atom stereocenters. The lowest BCUT2D eigenvalue weighted by Crippen LogP contribution is -2.12. The Morgan fingerprint density at radius 3 is 2.65 bits per heavy atom. The average molecular weight is 232 g/mol. The smallest absolute Gasteiger partial charge is 0.173 e. The lowest BCUT2D eigenvalue weighted by atomic mass is 9.98. The minimum Gasteiger partial charge on any atom is -0.486 e. The van der Waals surface area contributed by atoms with Crippen LogP contribution < -0.4 is 4.74 Å². The van der Waals surface area contributed by atoms with Gasteiger partial charge >= 0.3 is 0 Å². The van der Waals surface area contributed by atoms with Crippen LogP contribution in [0.15, 0.2) is 18.2 Å². The molecule has 1 aromatic carbocycles. The van der Waals surface area contributed by atoms with Crippen molar-refractivity contribution >= 4 is 5.78 Å². The molecule has 2 heteroatoms. The number of Topliss-reactive ketones (excluding diaryl/α,β-unsaturated/α-hetero) is 1. The Labute approximate surface area is 103 Å². The summed E-state index contributed by atoms with van der Waals surface area (Å²) in [6.07, 6.45) is 2.10. The van der Waals surface area contributed by atoms with Crippen molar-refractivity contribution in [3.8, 4) is 5.75 Å². The first-order valence-corrected chi connectivity index (χ1v) is 6.34. The highest BCUT2D eigenvalue weighted by Gasteiger charge is 2.29. The highest BCUT2D eigenvalue weighted by atomic mass is 16.5. The Hall–Kier alpha value is -1.31. The average Bonchev–Trinajstić information content (AvgIpc) is 3.09. The molecule has 1 saturated carbocycles. The SMILES string of the molecule is Cc1cc(OCC(=O)C2CC2)ccc1C(C)C. The number of ether oxygens (including phenoxy) is 1. The van der Waals surface area contributed by atoms with Crippen molar-refractivity contribution in [3.05, 3.63) is 29.3 Å². The second-order valence-electron chi connectivity index (χ2n) is 5.20. The van der Waals surface area contributed by atoms with Gasteiger partial charge in [-0.05, 0) is 48.9 Å².